The van der Waals surface area contributed by atoms with Crippen molar-refractivity contribution in [1.29, 1.82) is 0 Å². The first-order chi connectivity index (χ1) is 12.0. The Kier molecular flexibility index (Phi) is 6.17. The zero-order chi connectivity index (χ0) is 17.8. The maximum atomic E-state index is 2.73. The summed E-state index contributed by atoms with van der Waals surface area (Å²) < 4.78 is 0. The van der Waals surface area contributed by atoms with Crippen LogP contribution < -0.4 is 0 Å². The second-order valence-electron chi connectivity index (χ2n) is 8.43. The van der Waals surface area contributed by atoms with Crippen molar-refractivity contribution in [3.05, 3.63) is 58.7 Å². The van der Waals surface area contributed by atoms with Gasteiger partial charge in [-0.3, -0.25) is 0 Å². The van der Waals surface area contributed by atoms with E-state index in [1.165, 1.54) is 56.3 Å². The van der Waals surface area contributed by atoms with Crippen LogP contribution in [0.15, 0.2) is 47.6 Å². The first-order valence-electron chi connectivity index (χ1n) is 10.2. The monoisotopic (exact) mass is 337 g/mol. The third kappa shape index (κ3) is 4.85. The molecule has 1 saturated heterocycles. The Bertz CT molecular complexity index is 614. The average molecular weight is 338 g/mol. The summed E-state index contributed by atoms with van der Waals surface area (Å²) in [5.74, 6) is 1.50. The van der Waals surface area contributed by atoms with Crippen molar-refractivity contribution in [2.75, 3.05) is 13.1 Å². The minimum atomic E-state index is 0.642. The SMILES string of the molecule is CC1=CC(C(C)C(C)N2CCC(Cc3ccc(C)cc3)CC2)=CCC1. The predicted molar refractivity (Wildman–Crippen MR) is 109 cm³/mol. The van der Waals surface area contributed by atoms with Crippen molar-refractivity contribution in [3.63, 3.8) is 0 Å². The molecule has 1 aromatic rings. The van der Waals surface area contributed by atoms with Gasteiger partial charge in [0.25, 0.3) is 0 Å². The van der Waals surface area contributed by atoms with Gasteiger partial charge in [-0.15, -0.1) is 0 Å². The molecular formula is C24H35N. The zero-order valence-corrected chi connectivity index (χ0v) is 16.6. The van der Waals surface area contributed by atoms with E-state index in [4.69, 9.17) is 0 Å². The van der Waals surface area contributed by atoms with Gasteiger partial charge in [-0.2, -0.15) is 0 Å². The fourth-order valence-corrected chi connectivity index (χ4v) is 4.42. The van der Waals surface area contributed by atoms with Crippen molar-refractivity contribution >= 4 is 0 Å². The minimum absolute atomic E-state index is 0.642. The van der Waals surface area contributed by atoms with Crippen LogP contribution in [0.2, 0.25) is 0 Å². The van der Waals surface area contributed by atoms with Gasteiger partial charge in [-0.05, 0) is 88.9 Å². The summed E-state index contributed by atoms with van der Waals surface area (Å²) in [6, 6.07) is 9.78. The van der Waals surface area contributed by atoms with Crippen molar-refractivity contribution in [1.82, 2.24) is 4.90 Å². The molecule has 0 aromatic heterocycles. The maximum absolute atomic E-state index is 2.73. The highest BCUT2D eigenvalue weighted by molar-refractivity contribution is 5.29. The van der Waals surface area contributed by atoms with Crippen molar-refractivity contribution in [3.8, 4) is 0 Å². The summed E-state index contributed by atoms with van der Waals surface area (Å²) in [4.78, 5) is 2.73. The van der Waals surface area contributed by atoms with Gasteiger partial charge in [0.1, 0.15) is 0 Å². The highest BCUT2D eigenvalue weighted by Crippen LogP contribution is 2.30. The van der Waals surface area contributed by atoms with Crippen LogP contribution in [0.3, 0.4) is 0 Å². The molecule has 1 fully saturated rings. The Labute approximate surface area is 154 Å². The molecule has 0 saturated carbocycles. The van der Waals surface area contributed by atoms with Gasteiger partial charge in [0, 0.05) is 6.04 Å². The fourth-order valence-electron chi connectivity index (χ4n) is 4.42. The van der Waals surface area contributed by atoms with E-state index in [0.717, 1.165) is 5.92 Å². The molecule has 1 aliphatic carbocycles. The van der Waals surface area contributed by atoms with Gasteiger partial charge in [0.15, 0.2) is 0 Å². The third-order valence-corrected chi connectivity index (χ3v) is 6.45. The van der Waals surface area contributed by atoms with E-state index in [1.807, 2.05) is 0 Å². The molecule has 0 amide bonds. The molecular weight excluding hydrogens is 302 g/mol. The molecule has 0 bridgehead atoms. The molecule has 0 radical (unpaired) electrons. The molecule has 3 rings (SSSR count). The van der Waals surface area contributed by atoms with Crippen LogP contribution >= 0.6 is 0 Å². The number of benzene rings is 1. The second-order valence-corrected chi connectivity index (χ2v) is 8.43. The van der Waals surface area contributed by atoms with Gasteiger partial charge in [0.2, 0.25) is 0 Å². The Morgan fingerprint density at radius 2 is 1.72 bits per heavy atom. The van der Waals surface area contributed by atoms with Gasteiger partial charge < -0.3 is 4.90 Å². The van der Waals surface area contributed by atoms with Crippen LogP contribution in [0, 0.1) is 18.8 Å². The number of aryl methyl sites for hydroxylation is 1. The Hall–Kier alpha value is -1.34. The van der Waals surface area contributed by atoms with E-state index in [9.17, 15) is 0 Å². The molecule has 1 aliphatic heterocycles. The minimum Gasteiger partial charge on any atom is -0.300 e. The summed E-state index contributed by atoms with van der Waals surface area (Å²) in [6.45, 7) is 11.8. The lowest BCUT2D eigenvalue weighted by Crippen LogP contribution is -2.43. The topological polar surface area (TPSA) is 3.24 Å². The number of rotatable bonds is 5. The number of nitrogens with zero attached hydrogens (tertiary/aromatic N) is 1. The largest absolute Gasteiger partial charge is 0.300 e. The summed E-state index contributed by atoms with van der Waals surface area (Å²) in [6.07, 6.45) is 11.3. The van der Waals surface area contributed by atoms with Crippen LogP contribution in [-0.2, 0) is 6.42 Å². The van der Waals surface area contributed by atoms with Gasteiger partial charge >= 0.3 is 0 Å². The quantitative estimate of drug-likeness (QED) is 0.642. The standard InChI is InChI=1S/C24H35N/c1-18-8-10-22(11-9-18)17-23-12-14-25(15-13-23)21(4)20(3)24-7-5-6-19(2)16-24/h7-11,16,20-21,23H,5-6,12-15,17H2,1-4H3. The maximum Gasteiger partial charge on any atom is 0.0133 e. The van der Waals surface area contributed by atoms with E-state index in [0.29, 0.717) is 12.0 Å². The van der Waals surface area contributed by atoms with Gasteiger partial charge in [-0.25, -0.2) is 0 Å². The normalized spacial score (nSPS) is 22.2. The Morgan fingerprint density at radius 3 is 2.36 bits per heavy atom. The molecule has 2 unspecified atom stereocenters. The van der Waals surface area contributed by atoms with E-state index in [-0.39, 0.29) is 0 Å². The molecule has 0 spiro atoms. The number of likely N-dealkylation sites (tertiary alicyclic amines) is 1. The first kappa shape index (κ1) is 18.5. The molecule has 1 heteroatoms. The van der Waals surface area contributed by atoms with Crippen molar-refractivity contribution in [2.45, 2.75) is 65.8 Å². The van der Waals surface area contributed by atoms with E-state index >= 15 is 0 Å². The Balaban J connectivity index is 1.51. The third-order valence-electron chi connectivity index (χ3n) is 6.45. The lowest BCUT2D eigenvalue weighted by Gasteiger charge is -2.39. The van der Waals surface area contributed by atoms with Gasteiger partial charge in [0.05, 0.1) is 0 Å². The highest BCUT2D eigenvalue weighted by Gasteiger charge is 2.27. The molecule has 1 heterocycles. The predicted octanol–water partition coefficient (Wildman–Crippen LogP) is 5.94. The molecule has 1 nitrogen and oxygen atoms in total. The molecule has 25 heavy (non-hydrogen) atoms. The highest BCUT2D eigenvalue weighted by atomic mass is 15.2. The van der Waals surface area contributed by atoms with Crippen LogP contribution in [0.25, 0.3) is 0 Å². The first-order valence-corrected chi connectivity index (χ1v) is 10.2. The number of hydrogen-bond donors (Lipinski definition) is 0. The fraction of sp³-hybridized carbons (Fsp3) is 0.583. The second kappa shape index (κ2) is 8.36. The average Bonchev–Trinajstić information content (AvgIpc) is 2.63. The van der Waals surface area contributed by atoms with Crippen molar-refractivity contribution < 1.29 is 0 Å². The number of piperidine rings is 1. The van der Waals surface area contributed by atoms with E-state index in [2.05, 4.69) is 69.0 Å². The van der Waals surface area contributed by atoms with Gasteiger partial charge in [-0.1, -0.05) is 54.5 Å². The molecule has 0 N–H and O–H groups in total. The van der Waals surface area contributed by atoms with Crippen LogP contribution in [0.1, 0.15) is 57.6 Å². The molecule has 2 atom stereocenters. The Morgan fingerprint density at radius 1 is 1.04 bits per heavy atom. The summed E-state index contributed by atoms with van der Waals surface area (Å²) >= 11 is 0. The number of allylic oxidation sites excluding steroid dienone is 3. The molecule has 136 valence electrons. The van der Waals surface area contributed by atoms with Crippen molar-refractivity contribution in [2.24, 2.45) is 11.8 Å². The van der Waals surface area contributed by atoms with E-state index in [1.54, 1.807) is 11.1 Å². The summed E-state index contributed by atoms with van der Waals surface area (Å²) in [7, 11) is 0. The molecule has 2 aliphatic rings. The lowest BCUT2D eigenvalue weighted by atomic mass is 9.85. The number of hydrogen-bond acceptors (Lipinski definition) is 1. The van der Waals surface area contributed by atoms with Crippen LogP contribution in [-0.4, -0.2) is 24.0 Å². The van der Waals surface area contributed by atoms with E-state index < -0.39 is 0 Å². The van der Waals surface area contributed by atoms with Crippen LogP contribution in [0.4, 0.5) is 0 Å². The smallest absolute Gasteiger partial charge is 0.0133 e. The zero-order valence-electron chi connectivity index (χ0n) is 16.6. The molecule has 1 aromatic carbocycles. The lowest BCUT2D eigenvalue weighted by molar-refractivity contribution is 0.119. The summed E-state index contributed by atoms with van der Waals surface area (Å²) in [5.41, 5.74) is 5.99. The van der Waals surface area contributed by atoms with Crippen LogP contribution in [0.5, 0.6) is 0 Å². The summed E-state index contributed by atoms with van der Waals surface area (Å²) in [5, 5.41) is 0.